The second-order valence-electron chi connectivity index (χ2n) is 6.27. The van der Waals surface area contributed by atoms with E-state index in [1.165, 1.54) is 0 Å². The molecule has 0 bridgehead atoms. The smallest absolute Gasteiger partial charge is 0.227 e. The number of hydrogen-bond donors (Lipinski definition) is 6. The minimum absolute atomic E-state index is 0.319. The Hall–Kier alpha value is -0.890. The molecule has 0 saturated carbocycles. The molecule has 3 heterocycles. The van der Waals surface area contributed by atoms with Crippen molar-refractivity contribution in [3.8, 4) is 0 Å². The fraction of sp³-hybridized carbons (Fsp3) is 0.929. The van der Waals surface area contributed by atoms with Crippen LogP contribution in [0.1, 0.15) is 6.92 Å². The summed E-state index contributed by atoms with van der Waals surface area (Å²) in [6.45, 7) is 0.473. The highest BCUT2D eigenvalue weighted by atomic mass is 16.7. The van der Waals surface area contributed by atoms with Gasteiger partial charge in [0.15, 0.2) is 12.2 Å². The molecule has 0 aromatic carbocycles. The third-order valence-corrected chi connectivity index (χ3v) is 4.58. The number of ether oxygens (including phenoxy) is 4. The van der Waals surface area contributed by atoms with Crippen LogP contribution in [0.2, 0.25) is 0 Å². The minimum atomic E-state index is -1.63. The van der Waals surface area contributed by atoms with Gasteiger partial charge >= 0.3 is 0 Å². The lowest BCUT2D eigenvalue weighted by atomic mass is 9.96. The minimum Gasteiger partial charge on any atom is -0.450 e. The van der Waals surface area contributed by atoms with E-state index < -0.39 is 74.6 Å². The first-order valence-corrected chi connectivity index (χ1v) is 7.98. The second-order valence-corrected chi connectivity index (χ2v) is 6.27. The summed E-state index contributed by atoms with van der Waals surface area (Å²) < 4.78 is 21.6. The van der Waals surface area contributed by atoms with E-state index in [1.54, 1.807) is 6.92 Å². The number of nitrogens with zero attached hydrogens (tertiary/aromatic N) is 1. The molecule has 2 saturated heterocycles. The van der Waals surface area contributed by atoms with Crippen LogP contribution in [0, 0.1) is 0 Å². The predicted molar refractivity (Wildman–Crippen MR) is 78.4 cm³/mol. The molecule has 144 valence electrons. The summed E-state index contributed by atoms with van der Waals surface area (Å²) in [4.78, 5) is 4.11. The van der Waals surface area contributed by atoms with Crippen LogP contribution in [0.15, 0.2) is 4.99 Å². The van der Waals surface area contributed by atoms with Crippen LogP contribution >= 0.6 is 0 Å². The summed E-state index contributed by atoms with van der Waals surface area (Å²) in [5, 5.41) is 58.9. The van der Waals surface area contributed by atoms with Crippen molar-refractivity contribution in [2.75, 3.05) is 13.2 Å². The average Bonchev–Trinajstić information content (AvgIpc) is 2.97. The predicted octanol–water partition coefficient (Wildman–Crippen LogP) is -3.93. The highest BCUT2D eigenvalue weighted by molar-refractivity contribution is 5.75. The lowest BCUT2D eigenvalue weighted by molar-refractivity contribution is -0.341. The molecule has 0 amide bonds. The van der Waals surface area contributed by atoms with E-state index in [-0.39, 0.29) is 0 Å². The second kappa shape index (κ2) is 7.39. The lowest BCUT2D eigenvalue weighted by Gasteiger charge is -2.44. The van der Waals surface area contributed by atoms with Gasteiger partial charge in [0.25, 0.3) is 0 Å². The molecule has 0 spiro atoms. The van der Waals surface area contributed by atoms with Gasteiger partial charge in [0.2, 0.25) is 6.29 Å². The van der Waals surface area contributed by atoms with E-state index in [0.717, 1.165) is 0 Å². The molecule has 0 aromatic rings. The number of rotatable bonds is 4. The van der Waals surface area contributed by atoms with Gasteiger partial charge in [-0.2, -0.15) is 0 Å². The fourth-order valence-electron chi connectivity index (χ4n) is 3.20. The van der Waals surface area contributed by atoms with Crippen molar-refractivity contribution in [1.29, 1.82) is 0 Å². The Bertz CT molecular complexity index is 502. The van der Waals surface area contributed by atoms with Crippen molar-refractivity contribution in [3.63, 3.8) is 0 Å². The van der Waals surface area contributed by atoms with E-state index in [1.807, 2.05) is 0 Å². The molecule has 3 rings (SSSR count). The molecule has 6 N–H and O–H groups in total. The van der Waals surface area contributed by atoms with E-state index >= 15 is 0 Å². The van der Waals surface area contributed by atoms with Crippen LogP contribution in [-0.2, 0) is 18.9 Å². The first-order chi connectivity index (χ1) is 11.9. The van der Waals surface area contributed by atoms with E-state index in [9.17, 15) is 30.6 Å². The molecule has 0 aliphatic carbocycles. The molecule has 2 fully saturated rings. The zero-order valence-corrected chi connectivity index (χ0v) is 13.5. The molecule has 3 aliphatic heterocycles. The van der Waals surface area contributed by atoms with E-state index in [0.29, 0.717) is 5.90 Å². The van der Waals surface area contributed by atoms with E-state index in [2.05, 4.69) is 4.99 Å². The molecule has 11 nitrogen and oxygen atoms in total. The van der Waals surface area contributed by atoms with Crippen molar-refractivity contribution in [2.24, 2.45) is 4.99 Å². The maximum Gasteiger partial charge on any atom is 0.227 e. The third-order valence-electron chi connectivity index (χ3n) is 4.58. The summed E-state index contributed by atoms with van der Waals surface area (Å²) in [6, 6.07) is -0.780. The number of hydrogen-bond acceptors (Lipinski definition) is 11. The van der Waals surface area contributed by atoms with Gasteiger partial charge in [-0.3, -0.25) is 0 Å². The van der Waals surface area contributed by atoms with Crippen molar-refractivity contribution >= 4 is 5.90 Å². The summed E-state index contributed by atoms with van der Waals surface area (Å²) in [6.07, 6.45) is -11.6. The number of aliphatic hydroxyl groups is 6. The van der Waals surface area contributed by atoms with Gasteiger partial charge in [0.05, 0.1) is 13.2 Å². The highest BCUT2D eigenvalue weighted by Crippen LogP contribution is 2.32. The summed E-state index contributed by atoms with van der Waals surface area (Å²) in [5.74, 6) is 0.319. The molecular formula is C14H23NO10. The Balaban J connectivity index is 1.75. The fourth-order valence-corrected chi connectivity index (χ4v) is 3.20. The molecule has 3 aliphatic rings. The zero-order valence-electron chi connectivity index (χ0n) is 13.5. The van der Waals surface area contributed by atoms with Crippen molar-refractivity contribution in [1.82, 2.24) is 0 Å². The summed E-state index contributed by atoms with van der Waals surface area (Å²) in [5.41, 5.74) is 0. The van der Waals surface area contributed by atoms with E-state index in [4.69, 9.17) is 18.9 Å². The Morgan fingerprint density at radius 1 is 0.920 bits per heavy atom. The largest absolute Gasteiger partial charge is 0.450 e. The number of aliphatic hydroxyl groups excluding tert-OH is 6. The topological polar surface area (TPSA) is 171 Å². The lowest BCUT2D eigenvalue weighted by Crippen LogP contribution is -2.63. The van der Waals surface area contributed by atoms with Gasteiger partial charge in [-0.25, -0.2) is 4.99 Å². The highest BCUT2D eigenvalue weighted by Gasteiger charge is 2.52. The third kappa shape index (κ3) is 3.39. The van der Waals surface area contributed by atoms with Crippen LogP contribution < -0.4 is 0 Å². The van der Waals surface area contributed by atoms with Crippen molar-refractivity contribution in [2.45, 2.75) is 68.3 Å². The van der Waals surface area contributed by atoms with Gasteiger partial charge in [0, 0.05) is 6.92 Å². The summed E-state index contributed by atoms with van der Waals surface area (Å²) >= 11 is 0. The SMILES string of the molecule is CC1=N[C@H]2C(O1)O[C@H](CO)[C@@H](O[C@@H]1O[C@H](CO)[C@@H](O)[C@H](O)[C@H]1O)[C@@H]2O. The molecule has 1 unspecified atom stereocenters. The Morgan fingerprint density at radius 2 is 1.60 bits per heavy atom. The van der Waals surface area contributed by atoms with Gasteiger partial charge in [-0.15, -0.1) is 0 Å². The average molecular weight is 365 g/mol. The Morgan fingerprint density at radius 3 is 2.24 bits per heavy atom. The zero-order chi connectivity index (χ0) is 18.3. The van der Waals surface area contributed by atoms with Gasteiger partial charge in [-0.05, 0) is 0 Å². The Kier molecular flexibility index (Phi) is 5.58. The monoisotopic (exact) mass is 365 g/mol. The number of fused-ring (bicyclic) bond motifs is 1. The standard InChI is InChI=1S/C14H23NO10/c1-4-15-7-9(19)12(6(3-17)24-13(7)22-4)25-14-11(21)10(20)8(18)5(2-16)23-14/h5-14,16-21H,2-3H2,1H3/t5-,6-,7-,8-,9-,10+,11-,12-,13?,14+/m1/s1. The van der Waals surface area contributed by atoms with Crippen LogP contribution in [0.5, 0.6) is 0 Å². The number of aliphatic imine (C=N–C) groups is 1. The quantitative estimate of drug-likeness (QED) is 0.289. The first kappa shape index (κ1) is 18.9. The maximum atomic E-state index is 10.5. The normalized spacial score (nSPS) is 50.1. The van der Waals surface area contributed by atoms with Crippen LogP contribution in [-0.4, -0.2) is 111 Å². The van der Waals surface area contributed by atoms with Gasteiger partial charge < -0.3 is 49.6 Å². The van der Waals surface area contributed by atoms with Crippen molar-refractivity contribution < 1.29 is 49.6 Å². The van der Waals surface area contributed by atoms with Crippen LogP contribution in [0.25, 0.3) is 0 Å². The van der Waals surface area contributed by atoms with Crippen molar-refractivity contribution in [3.05, 3.63) is 0 Å². The summed E-state index contributed by atoms with van der Waals surface area (Å²) in [7, 11) is 0. The molecule has 10 atom stereocenters. The maximum absolute atomic E-state index is 10.5. The van der Waals surface area contributed by atoms with Gasteiger partial charge in [-0.1, -0.05) is 0 Å². The molecule has 11 heteroatoms. The van der Waals surface area contributed by atoms with Gasteiger partial charge in [0.1, 0.15) is 48.8 Å². The molecule has 0 aromatic heterocycles. The molecule has 0 radical (unpaired) electrons. The Labute approximate surface area is 143 Å². The first-order valence-electron chi connectivity index (χ1n) is 7.98. The van der Waals surface area contributed by atoms with Crippen LogP contribution in [0.3, 0.4) is 0 Å². The van der Waals surface area contributed by atoms with Crippen LogP contribution in [0.4, 0.5) is 0 Å². The molecular weight excluding hydrogens is 342 g/mol. The molecule has 25 heavy (non-hydrogen) atoms.